The molecule has 0 aromatic heterocycles. The summed E-state index contributed by atoms with van der Waals surface area (Å²) < 4.78 is 0. The lowest BCUT2D eigenvalue weighted by atomic mass is 10.1. The lowest BCUT2D eigenvalue weighted by molar-refractivity contribution is -0.119. The van der Waals surface area contributed by atoms with E-state index in [4.69, 9.17) is 0 Å². The summed E-state index contributed by atoms with van der Waals surface area (Å²) in [7, 11) is 3.64. The Balaban J connectivity index is 2.17. The lowest BCUT2D eigenvalue weighted by Gasteiger charge is -2.14. The van der Waals surface area contributed by atoms with E-state index in [0.29, 0.717) is 17.8 Å². The minimum Gasteiger partial charge on any atom is -0.302 e. The molecule has 0 spiro atoms. The molecule has 0 radical (unpaired) electrons. The summed E-state index contributed by atoms with van der Waals surface area (Å²) in [5, 5.41) is 0. The Morgan fingerprint density at radius 1 is 1.05 bits per heavy atom. The maximum absolute atomic E-state index is 11.8. The second-order valence-electron chi connectivity index (χ2n) is 4.55. The van der Waals surface area contributed by atoms with Gasteiger partial charge in [-0.3, -0.25) is 14.4 Å². The Morgan fingerprint density at radius 2 is 1.58 bits per heavy atom. The van der Waals surface area contributed by atoms with Crippen LogP contribution >= 0.6 is 0 Å². The van der Waals surface area contributed by atoms with Crippen LogP contribution in [0.5, 0.6) is 0 Å². The minimum absolute atomic E-state index is 0.00579. The van der Waals surface area contributed by atoms with E-state index in [1.165, 1.54) is 12.2 Å². The largest absolute Gasteiger partial charge is 0.302 e. The zero-order valence-corrected chi connectivity index (χ0v) is 10.8. The number of rotatable bonds is 4. The molecule has 1 aliphatic heterocycles. The monoisotopic (exact) mass is 258 g/mol. The van der Waals surface area contributed by atoms with Crippen molar-refractivity contribution in [1.82, 2.24) is 4.90 Å². The summed E-state index contributed by atoms with van der Waals surface area (Å²) >= 11 is 0. The lowest BCUT2D eigenvalue weighted by Crippen LogP contribution is -2.29. The molecule has 5 nitrogen and oxygen atoms in total. The number of hydrogen-bond donors (Lipinski definition) is 0. The van der Waals surface area contributed by atoms with Gasteiger partial charge in [-0.05, 0) is 38.4 Å². The van der Waals surface area contributed by atoms with Crippen molar-refractivity contribution in [2.45, 2.75) is 0 Å². The molecule has 0 N–H and O–H groups in total. The third-order valence-electron chi connectivity index (χ3n) is 2.72. The van der Waals surface area contributed by atoms with Crippen LogP contribution in [0.3, 0.4) is 0 Å². The number of carbonyl (C=O) groups excluding carboxylic acids is 3. The molecule has 0 atom stereocenters. The molecule has 1 aromatic carbocycles. The average Bonchev–Trinajstić information content (AvgIpc) is 2.68. The van der Waals surface area contributed by atoms with Gasteiger partial charge in [0.15, 0.2) is 5.78 Å². The van der Waals surface area contributed by atoms with E-state index in [-0.39, 0.29) is 17.6 Å². The number of ketones is 1. The summed E-state index contributed by atoms with van der Waals surface area (Å²) in [6.45, 7) is 0.322. The number of benzene rings is 1. The molecule has 0 aliphatic carbocycles. The molecule has 0 bridgehead atoms. The van der Waals surface area contributed by atoms with Gasteiger partial charge < -0.3 is 4.90 Å². The molecule has 5 heteroatoms. The maximum atomic E-state index is 11.8. The van der Waals surface area contributed by atoms with E-state index in [2.05, 4.69) is 0 Å². The van der Waals surface area contributed by atoms with Gasteiger partial charge in [-0.1, -0.05) is 0 Å². The van der Waals surface area contributed by atoms with Gasteiger partial charge in [0.25, 0.3) is 11.8 Å². The number of Topliss-reactive ketones (excluding diaryl/α,β-unsaturated/α-hetero) is 1. The van der Waals surface area contributed by atoms with Crippen molar-refractivity contribution < 1.29 is 14.4 Å². The summed E-state index contributed by atoms with van der Waals surface area (Å²) in [5.74, 6) is -0.733. The number of imide groups is 1. The van der Waals surface area contributed by atoms with Crippen LogP contribution in [-0.4, -0.2) is 43.1 Å². The number of hydrogen-bond acceptors (Lipinski definition) is 4. The SMILES string of the molecule is CN(C)CC(=O)c1ccc(N2C(=O)C=CC2=O)cc1. The highest BCUT2D eigenvalue weighted by molar-refractivity contribution is 6.28. The van der Waals surface area contributed by atoms with E-state index in [1.54, 1.807) is 29.2 Å². The van der Waals surface area contributed by atoms with Crippen molar-refractivity contribution in [3.63, 3.8) is 0 Å². The highest BCUT2D eigenvalue weighted by Gasteiger charge is 2.24. The molecule has 98 valence electrons. The van der Waals surface area contributed by atoms with E-state index < -0.39 is 0 Å². The highest BCUT2D eigenvalue weighted by Crippen LogP contribution is 2.19. The first-order chi connectivity index (χ1) is 8.99. The van der Waals surface area contributed by atoms with Crippen LogP contribution in [0.15, 0.2) is 36.4 Å². The van der Waals surface area contributed by atoms with Gasteiger partial charge in [0, 0.05) is 17.7 Å². The number of nitrogens with zero attached hydrogens (tertiary/aromatic N) is 2. The van der Waals surface area contributed by atoms with Crippen LogP contribution in [-0.2, 0) is 9.59 Å². The third kappa shape index (κ3) is 2.77. The Labute approximate surface area is 111 Å². The first kappa shape index (κ1) is 13.2. The fourth-order valence-corrected chi connectivity index (χ4v) is 1.83. The van der Waals surface area contributed by atoms with E-state index in [1.807, 2.05) is 14.1 Å². The smallest absolute Gasteiger partial charge is 0.258 e. The molecule has 19 heavy (non-hydrogen) atoms. The molecule has 1 aromatic rings. The summed E-state index contributed by atoms with van der Waals surface area (Å²) in [6, 6.07) is 6.46. The third-order valence-corrected chi connectivity index (χ3v) is 2.72. The van der Waals surface area contributed by atoms with Crippen molar-refractivity contribution in [3.05, 3.63) is 42.0 Å². The zero-order valence-electron chi connectivity index (χ0n) is 10.8. The van der Waals surface area contributed by atoms with Gasteiger partial charge in [-0.15, -0.1) is 0 Å². The van der Waals surface area contributed by atoms with Crippen molar-refractivity contribution in [1.29, 1.82) is 0 Å². The van der Waals surface area contributed by atoms with Crippen LogP contribution in [0.4, 0.5) is 5.69 Å². The van der Waals surface area contributed by atoms with Gasteiger partial charge in [0.2, 0.25) is 0 Å². The van der Waals surface area contributed by atoms with Crippen LogP contribution in [0.1, 0.15) is 10.4 Å². The Hall–Kier alpha value is -2.27. The number of amides is 2. The molecule has 1 heterocycles. The number of anilines is 1. The molecule has 2 rings (SSSR count). The molecular formula is C14H14N2O3. The van der Waals surface area contributed by atoms with Gasteiger partial charge in [0.05, 0.1) is 12.2 Å². The molecular weight excluding hydrogens is 244 g/mol. The summed E-state index contributed by atoms with van der Waals surface area (Å²) in [5.41, 5.74) is 1.03. The number of carbonyl (C=O) groups is 3. The molecule has 0 saturated heterocycles. The van der Waals surface area contributed by atoms with Gasteiger partial charge in [0.1, 0.15) is 0 Å². The van der Waals surface area contributed by atoms with Crippen molar-refractivity contribution in [2.24, 2.45) is 0 Å². The van der Waals surface area contributed by atoms with E-state index in [9.17, 15) is 14.4 Å². The molecule has 0 saturated carbocycles. The summed E-state index contributed by atoms with van der Waals surface area (Å²) in [4.78, 5) is 37.7. The second kappa shape index (κ2) is 5.16. The minimum atomic E-state index is -0.364. The van der Waals surface area contributed by atoms with Crippen molar-refractivity contribution >= 4 is 23.3 Å². The predicted molar refractivity (Wildman–Crippen MR) is 71.0 cm³/mol. The Bertz CT molecular complexity index is 541. The van der Waals surface area contributed by atoms with Crippen LogP contribution in [0, 0.1) is 0 Å². The molecule has 0 fully saturated rings. The predicted octanol–water partition coefficient (Wildman–Crippen LogP) is 0.860. The molecule has 2 amide bonds. The molecule has 1 aliphatic rings. The summed E-state index contributed by atoms with van der Waals surface area (Å²) in [6.07, 6.45) is 2.46. The average molecular weight is 258 g/mol. The highest BCUT2D eigenvalue weighted by atomic mass is 16.2. The number of likely N-dealkylation sites (N-methyl/N-ethyl adjacent to an activating group) is 1. The maximum Gasteiger partial charge on any atom is 0.258 e. The van der Waals surface area contributed by atoms with Crippen LogP contribution < -0.4 is 4.90 Å². The normalized spacial score (nSPS) is 14.6. The van der Waals surface area contributed by atoms with Crippen molar-refractivity contribution in [3.8, 4) is 0 Å². The standard InChI is InChI=1S/C14H14N2O3/c1-15(2)9-12(17)10-3-5-11(6-4-10)16-13(18)7-8-14(16)19/h3-8H,9H2,1-2H3. The first-order valence-corrected chi connectivity index (χ1v) is 5.83. The van der Waals surface area contributed by atoms with Crippen molar-refractivity contribution in [2.75, 3.05) is 25.5 Å². The Morgan fingerprint density at radius 3 is 2.05 bits per heavy atom. The fraction of sp³-hybridized carbons (Fsp3) is 0.214. The van der Waals surface area contributed by atoms with Crippen LogP contribution in [0.25, 0.3) is 0 Å². The quantitative estimate of drug-likeness (QED) is 0.593. The second-order valence-corrected chi connectivity index (χ2v) is 4.55. The van der Waals surface area contributed by atoms with Gasteiger partial charge >= 0.3 is 0 Å². The first-order valence-electron chi connectivity index (χ1n) is 5.83. The van der Waals surface area contributed by atoms with Gasteiger partial charge in [-0.25, -0.2) is 4.90 Å². The van der Waals surface area contributed by atoms with Crippen LogP contribution in [0.2, 0.25) is 0 Å². The van der Waals surface area contributed by atoms with E-state index in [0.717, 1.165) is 4.90 Å². The molecule has 0 unspecified atom stereocenters. The van der Waals surface area contributed by atoms with Gasteiger partial charge in [-0.2, -0.15) is 0 Å². The topological polar surface area (TPSA) is 57.7 Å². The fourth-order valence-electron chi connectivity index (χ4n) is 1.83. The Kier molecular flexibility index (Phi) is 3.57. The zero-order chi connectivity index (χ0) is 14.0. The van der Waals surface area contributed by atoms with E-state index >= 15 is 0 Å².